The van der Waals surface area contributed by atoms with E-state index in [1.54, 1.807) is 0 Å². The van der Waals surface area contributed by atoms with Crippen LogP contribution in [0.5, 0.6) is 0 Å². The van der Waals surface area contributed by atoms with Crippen molar-refractivity contribution in [2.24, 2.45) is 0 Å². The second kappa shape index (κ2) is 48.9. The second-order valence-electron chi connectivity index (χ2n) is 19.9. The molecule has 0 fully saturated rings. The van der Waals surface area contributed by atoms with Crippen molar-refractivity contribution in [3.8, 4) is 0 Å². The number of aliphatic carboxylic acids is 1. The number of quaternary nitrogens is 1. The van der Waals surface area contributed by atoms with Gasteiger partial charge >= 0.3 is 11.9 Å². The van der Waals surface area contributed by atoms with E-state index in [4.69, 9.17) is 18.9 Å². The van der Waals surface area contributed by atoms with Crippen molar-refractivity contribution >= 4 is 17.9 Å². The molecule has 0 aromatic rings. The molecule has 0 bridgehead atoms. The van der Waals surface area contributed by atoms with Crippen molar-refractivity contribution in [2.45, 2.75) is 264 Å². The number of hydrogen-bond acceptors (Lipinski definition) is 8. The van der Waals surface area contributed by atoms with E-state index in [1.165, 1.54) is 161 Å². The highest BCUT2D eigenvalue weighted by atomic mass is 16.7. The third-order valence-corrected chi connectivity index (χ3v) is 12.2. The molecule has 0 saturated carbocycles. The highest BCUT2D eigenvalue weighted by Gasteiger charge is 2.22. The molecule has 2 unspecified atom stereocenters. The Kier molecular flexibility index (Phi) is 47.1. The highest BCUT2D eigenvalue weighted by molar-refractivity contribution is 5.70. The molecule has 0 heterocycles. The van der Waals surface area contributed by atoms with Gasteiger partial charge in [-0.05, 0) is 44.9 Å². The molecule has 0 spiro atoms. The van der Waals surface area contributed by atoms with Gasteiger partial charge in [-0.15, -0.1) is 0 Å². The number of likely N-dealkylation sites (N-methyl/N-ethyl adjacent to an activating group) is 1. The van der Waals surface area contributed by atoms with Crippen molar-refractivity contribution in [1.82, 2.24) is 0 Å². The summed E-state index contributed by atoms with van der Waals surface area (Å²) in [6.07, 6.45) is 55.0. The lowest BCUT2D eigenvalue weighted by molar-refractivity contribution is -0.870. The van der Waals surface area contributed by atoms with Gasteiger partial charge in [0.15, 0.2) is 12.4 Å². The van der Waals surface area contributed by atoms with Crippen LogP contribution in [-0.4, -0.2) is 82.3 Å². The number of esters is 2. The lowest BCUT2D eigenvalue weighted by Crippen LogP contribution is -2.44. The molecule has 0 saturated heterocycles. The maximum Gasteiger partial charge on any atom is 0.306 e. The summed E-state index contributed by atoms with van der Waals surface area (Å²) >= 11 is 0. The number of unbranched alkanes of at least 4 members (excludes halogenated alkanes) is 30. The molecular formula is C57H105NO8. The van der Waals surface area contributed by atoms with Crippen molar-refractivity contribution in [2.75, 3.05) is 47.5 Å². The van der Waals surface area contributed by atoms with Gasteiger partial charge in [0, 0.05) is 12.8 Å². The van der Waals surface area contributed by atoms with Crippen LogP contribution in [0.3, 0.4) is 0 Å². The van der Waals surface area contributed by atoms with E-state index >= 15 is 0 Å². The number of ether oxygens (including phenoxy) is 4. The van der Waals surface area contributed by atoms with E-state index in [-0.39, 0.29) is 38.6 Å². The molecule has 9 nitrogen and oxygen atoms in total. The molecule has 0 radical (unpaired) electrons. The Labute approximate surface area is 407 Å². The van der Waals surface area contributed by atoms with Crippen LogP contribution in [-0.2, 0) is 33.3 Å². The summed E-state index contributed by atoms with van der Waals surface area (Å²) in [5.74, 6) is -2.31. The molecule has 0 aliphatic rings. The summed E-state index contributed by atoms with van der Waals surface area (Å²) in [5.41, 5.74) is 0. The Hall–Kier alpha value is -2.49. The van der Waals surface area contributed by atoms with Crippen LogP contribution >= 0.6 is 0 Å². The standard InChI is InChI=1S/C57H105NO8/c1-6-8-10-12-14-16-18-20-21-22-23-24-25-26-27-28-29-30-31-32-33-34-36-37-39-41-43-45-47-54(59)64-51-53(52-65-57(56(61)62)63-50-49-58(3,4)5)66-55(60)48-46-44-42-40-38-35-19-17-15-13-11-9-7-2/h9,11,15,17,35,38,53,57H,6-8,10,12-14,16,18-34,36-37,39-52H2,1-5H3/b11-9-,17-15-,38-35-. The fourth-order valence-corrected chi connectivity index (χ4v) is 7.91. The van der Waals surface area contributed by atoms with Crippen molar-refractivity contribution in [1.29, 1.82) is 0 Å². The molecule has 0 aromatic carbocycles. The molecule has 386 valence electrons. The Morgan fingerprint density at radius 2 is 0.864 bits per heavy atom. The predicted octanol–water partition coefficient (Wildman–Crippen LogP) is 14.4. The smallest absolute Gasteiger partial charge is 0.306 e. The topological polar surface area (TPSA) is 111 Å². The number of carbonyl (C=O) groups excluding carboxylic acids is 3. The monoisotopic (exact) mass is 932 g/mol. The molecule has 0 aliphatic carbocycles. The normalized spacial score (nSPS) is 13.0. The van der Waals surface area contributed by atoms with Gasteiger partial charge < -0.3 is 33.3 Å². The zero-order valence-corrected chi connectivity index (χ0v) is 43.8. The second-order valence-corrected chi connectivity index (χ2v) is 19.9. The molecule has 0 aromatic heterocycles. The third kappa shape index (κ3) is 49.4. The number of nitrogens with zero attached hydrogens (tertiary/aromatic N) is 1. The van der Waals surface area contributed by atoms with Crippen molar-refractivity contribution in [3.05, 3.63) is 36.5 Å². The summed E-state index contributed by atoms with van der Waals surface area (Å²) in [7, 11) is 5.91. The minimum absolute atomic E-state index is 0.143. The first-order chi connectivity index (χ1) is 32.1. The first-order valence-electron chi connectivity index (χ1n) is 27.6. The van der Waals surface area contributed by atoms with Crippen LogP contribution in [0.15, 0.2) is 36.5 Å². The lowest BCUT2D eigenvalue weighted by atomic mass is 10.0. The Bertz CT molecular complexity index is 1180. The first-order valence-corrected chi connectivity index (χ1v) is 27.6. The number of hydrogen-bond donors (Lipinski definition) is 0. The Morgan fingerprint density at radius 3 is 1.29 bits per heavy atom. The Balaban J connectivity index is 4.12. The quantitative estimate of drug-likeness (QED) is 0.0195. The van der Waals surface area contributed by atoms with Crippen LogP contribution < -0.4 is 5.11 Å². The summed E-state index contributed by atoms with van der Waals surface area (Å²) in [4.78, 5) is 37.1. The van der Waals surface area contributed by atoms with Gasteiger partial charge in [-0.3, -0.25) is 9.59 Å². The van der Waals surface area contributed by atoms with Gasteiger partial charge in [-0.25, -0.2) is 0 Å². The van der Waals surface area contributed by atoms with Gasteiger partial charge in [0.1, 0.15) is 13.2 Å². The van der Waals surface area contributed by atoms with E-state index in [9.17, 15) is 19.5 Å². The molecule has 0 amide bonds. The van der Waals surface area contributed by atoms with Gasteiger partial charge in [0.2, 0.25) is 0 Å². The lowest BCUT2D eigenvalue weighted by Gasteiger charge is -2.26. The van der Waals surface area contributed by atoms with Gasteiger partial charge in [-0.1, -0.05) is 230 Å². The maximum atomic E-state index is 12.8. The van der Waals surface area contributed by atoms with Gasteiger partial charge in [0.25, 0.3) is 0 Å². The maximum absolute atomic E-state index is 12.8. The first kappa shape index (κ1) is 63.5. The SMILES string of the molecule is CC/C=C\C/C=C\C/C=C\CCCCCC(=O)OC(COC(=O)CCCCCCCCCCCCCCCCCCCCCCCCCCCCCC)COC(OCC[N+](C)(C)C)C(=O)[O-]. The summed E-state index contributed by atoms with van der Waals surface area (Å²) < 4.78 is 22.6. The van der Waals surface area contributed by atoms with Crippen LogP contribution in [0.2, 0.25) is 0 Å². The molecular weight excluding hydrogens is 827 g/mol. The molecule has 0 aliphatic heterocycles. The van der Waals surface area contributed by atoms with E-state index < -0.39 is 24.3 Å². The van der Waals surface area contributed by atoms with E-state index in [0.717, 1.165) is 57.8 Å². The fourth-order valence-electron chi connectivity index (χ4n) is 7.91. The molecule has 0 N–H and O–H groups in total. The zero-order chi connectivity index (χ0) is 48.4. The number of carboxylic acids is 1. The van der Waals surface area contributed by atoms with Crippen molar-refractivity contribution in [3.63, 3.8) is 0 Å². The average Bonchev–Trinajstić information content (AvgIpc) is 3.28. The number of carbonyl (C=O) groups is 3. The van der Waals surface area contributed by atoms with Crippen LogP contribution in [0.4, 0.5) is 0 Å². The molecule has 9 heteroatoms. The summed E-state index contributed by atoms with van der Waals surface area (Å²) in [6, 6.07) is 0. The van der Waals surface area contributed by atoms with E-state index in [0.29, 0.717) is 17.4 Å². The van der Waals surface area contributed by atoms with Crippen molar-refractivity contribution < 1.29 is 42.9 Å². The van der Waals surface area contributed by atoms with Crippen LogP contribution in [0, 0.1) is 0 Å². The zero-order valence-electron chi connectivity index (χ0n) is 43.8. The minimum atomic E-state index is -1.63. The third-order valence-electron chi connectivity index (χ3n) is 12.2. The summed E-state index contributed by atoms with van der Waals surface area (Å²) in [5, 5.41) is 11.7. The van der Waals surface area contributed by atoms with Crippen LogP contribution in [0.1, 0.15) is 251 Å². The van der Waals surface area contributed by atoms with Gasteiger partial charge in [0.05, 0.1) is 40.3 Å². The number of rotatable bonds is 51. The van der Waals surface area contributed by atoms with Crippen LogP contribution in [0.25, 0.3) is 0 Å². The molecule has 66 heavy (non-hydrogen) atoms. The highest BCUT2D eigenvalue weighted by Crippen LogP contribution is 2.17. The minimum Gasteiger partial charge on any atom is -0.545 e. The number of carboxylic acid groups (broad SMARTS) is 1. The largest absolute Gasteiger partial charge is 0.545 e. The predicted molar refractivity (Wildman–Crippen MR) is 274 cm³/mol. The van der Waals surface area contributed by atoms with Gasteiger partial charge in [-0.2, -0.15) is 0 Å². The van der Waals surface area contributed by atoms with E-state index in [1.807, 2.05) is 21.1 Å². The Morgan fingerprint density at radius 1 is 0.470 bits per heavy atom. The molecule has 2 atom stereocenters. The average molecular weight is 932 g/mol. The fraction of sp³-hybridized carbons (Fsp3) is 0.842. The van der Waals surface area contributed by atoms with E-state index in [2.05, 4.69) is 50.3 Å². The number of allylic oxidation sites excluding steroid dienone is 6. The molecule has 0 rings (SSSR count). The summed E-state index contributed by atoms with van der Waals surface area (Å²) in [6.45, 7) is 4.62.